The molecule has 0 aliphatic carbocycles. The first-order valence-electron chi connectivity index (χ1n) is 5.90. The van der Waals surface area contributed by atoms with Gasteiger partial charge in [0.2, 0.25) is 0 Å². The molecule has 2 N–H and O–H groups in total. The van der Waals surface area contributed by atoms with Gasteiger partial charge < -0.3 is 10.5 Å². The van der Waals surface area contributed by atoms with Gasteiger partial charge in [0.25, 0.3) is 5.56 Å². The molecular formula is C13H11F3N2O3. The van der Waals surface area contributed by atoms with E-state index >= 15 is 0 Å². The quantitative estimate of drug-likeness (QED) is 0.911. The summed E-state index contributed by atoms with van der Waals surface area (Å²) in [4.78, 5) is 23.5. The van der Waals surface area contributed by atoms with Crippen molar-refractivity contribution in [1.29, 1.82) is 0 Å². The zero-order valence-electron chi connectivity index (χ0n) is 10.9. The molecule has 1 aromatic heterocycles. The van der Waals surface area contributed by atoms with Crippen LogP contribution < -0.4 is 11.0 Å². The third-order valence-electron chi connectivity index (χ3n) is 2.98. The Balaban J connectivity index is 2.71. The molecule has 0 fully saturated rings. The number of carboxylic acid groups (broad SMARTS) is 1. The lowest BCUT2D eigenvalue weighted by Crippen LogP contribution is -2.37. The monoisotopic (exact) mass is 300 g/mol. The SMILES string of the molecule is Cc1c(C(=O)O)c2ccccc2c(=O)n1NCC(F)(F)F. The summed E-state index contributed by atoms with van der Waals surface area (Å²) in [6, 6.07) is 5.89. The predicted octanol–water partition coefficient (Wildman–Crippen LogP) is 2.11. The van der Waals surface area contributed by atoms with E-state index in [1.54, 1.807) is 6.07 Å². The fourth-order valence-corrected chi connectivity index (χ4v) is 2.10. The number of fused-ring (bicyclic) bond motifs is 1. The van der Waals surface area contributed by atoms with E-state index in [9.17, 15) is 27.9 Å². The topological polar surface area (TPSA) is 71.3 Å². The number of alkyl halides is 3. The van der Waals surface area contributed by atoms with Crippen LogP contribution in [0.2, 0.25) is 0 Å². The van der Waals surface area contributed by atoms with Gasteiger partial charge in [0.1, 0.15) is 6.54 Å². The van der Waals surface area contributed by atoms with E-state index < -0.39 is 24.2 Å². The number of pyridine rings is 1. The van der Waals surface area contributed by atoms with E-state index in [2.05, 4.69) is 0 Å². The Bertz CT molecular complexity index is 766. The number of benzene rings is 1. The molecule has 8 heteroatoms. The molecule has 2 aromatic rings. The van der Waals surface area contributed by atoms with Crippen molar-refractivity contribution >= 4 is 16.7 Å². The van der Waals surface area contributed by atoms with Crippen molar-refractivity contribution in [3.63, 3.8) is 0 Å². The van der Waals surface area contributed by atoms with Crippen molar-refractivity contribution in [1.82, 2.24) is 4.68 Å². The second-order valence-electron chi connectivity index (χ2n) is 4.40. The molecule has 0 amide bonds. The summed E-state index contributed by atoms with van der Waals surface area (Å²) in [5.41, 5.74) is 0.904. The molecule has 2 rings (SSSR count). The fraction of sp³-hybridized carbons (Fsp3) is 0.231. The van der Waals surface area contributed by atoms with Crippen LogP contribution in [0, 0.1) is 6.92 Å². The minimum absolute atomic E-state index is 0.0372. The Morgan fingerprint density at radius 3 is 2.38 bits per heavy atom. The molecule has 112 valence electrons. The number of rotatable bonds is 3. The zero-order chi connectivity index (χ0) is 15.8. The minimum atomic E-state index is -4.53. The van der Waals surface area contributed by atoms with E-state index in [0.717, 1.165) is 0 Å². The molecule has 0 aliphatic heterocycles. The van der Waals surface area contributed by atoms with Gasteiger partial charge in [-0.25, -0.2) is 9.47 Å². The summed E-state index contributed by atoms with van der Waals surface area (Å²) < 4.78 is 37.5. The predicted molar refractivity (Wildman–Crippen MR) is 70.2 cm³/mol. The number of aromatic nitrogens is 1. The lowest BCUT2D eigenvalue weighted by atomic mass is 10.0. The molecule has 1 heterocycles. The molecule has 1 aromatic carbocycles. The zero-order valence-corrected chi connectivity index (χ0v) is 10.9. The number of hydrogen-bond donors (Lipinski definition) is 2. The van der Waals surface area contributed by atoms with Gasteiger partial charge in [-0.1, -0.05) is 18.2 Å². The molecule has 0 aliphatic rings. The number of halogens is 3. The normalized spacial score (nSPS) is 11.6. The molecule has 5 nitrogen and oxygen atoms in total. The summed E-state index contributed by atoms with van der Waals surface area (Å²) in [6.45, 7) is -0.161. The molecule has 0 radical (unpaired) electrons. The highest BCUT2D eigenvalue weighted by atomic mass is 19.4. The molecule has 0 saturated heterocycles. The standard InChI is InChI=1S/C13H11F3N2O3/c1-7-10(12(20)21)8-4-2-3-5-9(8)11(19)18(7)17-6-13(14,15)16/h2-5,17H,6H2,1H3,(H,20,21). The highest BCUT2D eigenvalue weighted by molar-refractivity contribution is 6.04. The maximum Gasteiger partial charge on any atom is 0.407 e. The van der Waals surface area contributed by atoms with Crippen molar-refractivity contribution in [3.05, 3.63) is 45.9 Å². The van der Waals surface area contributed by atoms with Crippen LogP contribution in [0.3, 0.4) is 0 Å². The van der Waals surface area contributed by atoms with Crippen LogP contribution in [0.4, 0.5) is 13.2 Å². The van der Waals surface area contributed by atoms with E-state index in [4.69, 9.17) is 0 Å². The van der Waals surface area contributed by atoms with Gasteiger partial charge in [-0.05, 0) is 13.0 Å². The first-order valence-corrected chi connectivity index (χ1v) is 5.90. The number of nitrogens with zero attached hydrogens (tertiary/aromatic N) is 1. The average Bonchev–Trinajstić information content (AvgIpc) is 2.37. The maximum absolute atomic E-state index is 12.3. The van der Waals surface area contributed by atoms with Crippen LogP contribution in [-0.2, 0) is 0 Å². The van der Waals surface area contributed by atoms with Crippen molar-refractivity contribution in [2.24, 2.45) is 0 Å². The number of carbonyl (C=O) groups is 1. The number of hydrogen-bond acceptors (Lipinski definition) is 3. The summed E-state index contributed by atoms with van der Waals surface area (Å²) in [7, 11) is 0. The molecule has 21 heavy (non-hydrogen) atoms. The molecule has 0 unspecified atom stereocenters. The average molecular weight is 300 g/mol. The molecule has 0 bridgehead atoms. The Labute approximate surface area is 116 Å². The van der Waals surface area contributed by atoms with Crippen molar-refractivity contribution in [2.45, 2.75) is 13.1 Å². The van der Waals surface area contributed by atoms with Crippen LogP contribution >= 0.6 is 0 Å². The van der Waals surface area contributed by atoms with Crippen molar-refractivity contribution < 1.29 is 23.1 Å². The summed E-state index contributed by atoms with van der Waals surface area (Å²) in [5, 5.41) is 9.47. The Morgan fingerprint density at radius 1 is 1.29 bits per heavy atom. The van der Waals surface area contributed by atoms with Crippen molar-refractivity contribution in [2.75, 3.05) is 12.0 Å². The number of aromatic carboxylic acids is 1. The lowest BCUT2D eigenvalue weighted by Gasteiger charge is -2.17. The van der Waals surface area contributed by atoms with Gasteiger partial charge in [0, 0.05) is 10.8 Å². The maximum atomic E-state index is 12.3. The van der Waals surface area contributed by atoms with E-state index in [1.165, 1.54) is 25.1 Å². The fourth-order valence-electron chi connectivity index (χ4n) is 2.10. The second kappa shape index (κ2) is 5.12. The van der Waals surface area contributed by atoms with Crippen LogP contribution in [0.15, 0.2) is 29.1 Å². The summed E-state index contributed by atoms with van der Waals surface area (Å²) in [6.07, 6.45) is -4.53. The Kier molecular flexibility index (Phi) is 3.63. The third kappa shape index (κ3) is 2.83. The van der Waals surface area contributed by atoms with Gasteiger partial charge in [0.05, 0.1) is 11.3 Å². The van der Waals surface area contributed by atoms with Crippen LogP contribution in [0.1, 0.15) is 16.1 Å². The minimum Gasteiger partial charge on any atom is -0.478 e. The first-order chi connectivity index (χ1) is 9.72. The number of nitrogens with one attached hydrogen (secondary N) is 1. The molecular weight excluding hydrogens is 289 g/mol. The van der Waals surface area contributed by atoms with Gasteiger partial charge in [0.15, 0.2) is 0 Å². The second-order valence-corrected chi connectivity index (χ2v) is 4.40. The summed E-state index contributed by atoms with van der Waals surface area (Å²) >= 11 is 0. The highest BCUT2D eigenvalue weighted by Crippen LogP contribution is 2.19. The smallest absolute Gasteiger partial charge is 0.407 e. The van der Waals surface area contributed by atoms with E-state index in [1.807, 2.05) is 5.43 Å². The van der Waals surface area contributed by atoms with Crippen molar-refractivity contribution in [3.8, 4) is 0 Å². The van der Waals surface area contributed by atoms with E-state index in [-0.39, 0.29) is 22.0 Å². The summed E-state index contributed by atoms with van der Waals surface area (Å²) in [5.74, 6) is -1.31. The molecule has 0 atom stereocenters. The first kappa shape index (κ1) is 14.9. The van der Waals surface area contributed by atoms with Gasteiger partial charge in [-0.15, -0.1) is 0 Å². The van der Waals surface area contributed by atoms with Gasteiger partial charge in [-0.3, -0.25) is 4.79 Å². The largest absolute Gasteiger partial charge is 0.478 e. The third-order valence-corrected chi connectivity index (χ3v) is 2.98. The highest BCUT2D eigenvalue weighted by Gasteiger charge is 2.28. The van der Waals surface area contributed by atoms with E-state index in [0.29, 0.717) is 4.68 Å². The Morgan fingerprint density at radius 2 is 1.86 bits per heavy atom. The molecule has 0 spiro atoms. The Hall–Kier alpha value is -2.51. The lowest BCUT2D eigenvalue weighted by molar-refractivity contribution is -0.116. The molecule has 0 saturated carbocycles. The van der Waals surface area contributed by atoms with Gasteiger partial charge in [-0.2, -0.15) is 13.2 Å². The van der Waals surface area contributed by atoms with Crippen LogP contribution in [-0.4, -0.2) is 28.5 Å². The van der Waals surface area contributed by atoms with Gasteiger partial charge >= 0.3 is 12.1 Å². The van der Waals surface area contributed by atoms with Crippen LogP contribution in [0.25, 0.3) is 10.8 Å². The van der Waals surface area contributed by atoms with Crippen LogP contribution in [0.5, 0.6) is 0 Å². The number of carboxylic acids is 1.